The highest BCUT2D eigenvalue weighted by atomic mass is 28.4. The van der Waals surface area contributed by atoms with E-state index in [0.29, 0.717) is 0 Å². The molecule has 0 saturated heterocycles. The summed E-state index contributed by atoms with van der Waals surface area (Å²) in [6, 6.07) is 0. The Labute approximate surface area is 179 Å². The molecule has 25 heteroatoms. The lowest BCUT2D eigenvalue weighted by atomic mass is 10.5. The van der Waals surface area contributed by atoms with Gasteiger partial charge in [0, 0.05) is 0 Å². The summed E-state index contributed by atoms with van der Waals surface area (Å²) >= 11 is 0. The van der Waals surface area contributed by atoms with Gasteiger partial charge in [-0.25, -0.2) is 0 Å². The third kappa shape index (κ3) is 10.2. The fourth-order valence-corrected chi connectivity index (χ4v) is 1.77. The molecule has 0 rings (SSSR count). The highest BCUT2D eigenvalue weighted by Crippen LogP contribution is 2.25. The summed E-state index contributed by atoms with van der Waals surface area (Å²) in [5, 5.41) is 142. The predicted octanol–water partition coefficient (Wildman–Crippen LogP) is -11.0. The number of aliphatic hydroxyl groups excluding tert-OH is 4. The van der Waals surface area contributed by atoms with Gasteiger partial charge in [-0.05, 0) is 0 Å². The fraction of sp³-hybridized carbons (Fsp3) is 1.00. The molecule has 200 valence electrons. The van der Waals surface area contributed by atoms with Gasteiger partial charge < -0.3 is 81.7 Å². The maximum Gasteiger partial charge on any atom is 0.793 e. The van der Waals surface area contributed by atoms with Gasteiger partial charge in [0.05, 0.1) is 0 Å². The molecule has 0 aliphatic rings. The molecule has 16 N–H and O–H groups in total. The second-order valence-corrected chi connectivity index (χ2v) is 6.96. The molecule has 0 amide bonds. The Kier molecular flexibility index (Phi) is 11.5. The van der Waals surface area contributed by atoms with E-state index in [0.717, 1.165) is 0 Å². The molecule has 0 unspecified atom stereocenters. The molecule has 0 bridgehead atoms. The van der Waals surface area contributed by atoms with Crippen molar-refractivity contribution in [3.63, 3.8) is 0 Å². The SMILES string of the molecule is OC(O)C(O)(O)OO[Si](OOC(O)(O)C(O)O)(OOC(O)(O)C(O)O)OOC(O)(O)C(O)O. The van der Waals surface area contributed by atoms with Crippen LogP contribution in [0.3, 0.4) is 0 Å². The van der Waals surface area contributed by atoms with Crippen LogP contribution in [0.4, 0.5) is 0 Å². The molecule has 0 atom stereocenters. The molecule has 33 heavy (non-hydrogen) atoms. The van der Waals surface area contributed by atoms with Crippen molar-refractivity contribution in [3.8, 4) is 0 Å². The zero-order chi connectivity index (χ0) is 26.5. The number of hydrogen-bond donors (Lipinski definition) is 16. The van der Waals surface area contributed by atoms with Crippen LogP contribution >= 0.6 is 0 Å². The summed E-state index contributed by atoms with van der Waals surface area (Å²) in [5.74, 6) is -17.0. The van der Waals surface area contributed by atoms with Gasteiger partial charge in [0.1, 0.15) is 0 Å². The Morgan fingerprint density at radius 3 is 0.636 bits per heavy atom. The molecule has 0 saturated carbocycles. The van der Waals surface area contributed by atoms with Gasteiger partial charge in [-0.15, -0.1) is 0 Å². The van der Waals surface area contributed by atoms with E-state index in [2.05, 4.69) is 37.9 Å². The number of hydrogen-bond acceptors (Lipinski definition) is 24. The summed E-state index contributed by atoms with van der Waals surface area (Å²) < 4.78 is 15.2. The third-order valence-electron chi connectivity index (χ3n) is 2.41. The van der Waals surface area contributed by atoms with E-state index >= 15 is 0 Å². The van der Waals surface area contributed by atoms with Crippen LogP contribution in [0.25, 0.3) is 0 Å². The van der Waals surface area contributed by atoms with Crippen molar-refractivity contribution in [1.82, 2.24) is 0 Å². The van der Waals surface area contributed by atoms with Gasteiger partial charge in [0.2, 0.25) is 25.2 Å². The van der Waals surface area contributed by atoms with E-state index in [-0.39, 0.29) is 0 Å². The molecule has 0 aliphatic heterocycles. The maximum atomic E-state index is 9.11. The van der Waals surface area contributed by atoms with Crippen LogP contribution < -0.4 is 0 Å². The average molecular weight is 528 g/mol. The van der Waals surface area contributed by atoms with Crippen molar-refractivity contribution in [2.75, 3.05) is 0 Å². The Morgan fingerprint density at radius 1 is 0.364 bits per heavy atom. The largest absolute Gasteiger partial charge is 0.793 e. The van der Waals surface area contributed by atoms with Gasteiger partial charge in [0.25, 0.3) is 0 Å². The van der Waals surface area contributed by atoms with E-state index in [4.69, 9.17) is 81.7 Å². The van der Waals surface area contributed by atoms with Crippen LogP contribution in [-0.2, 0) is 37.9 Å². The molecule has 0 aromatic rings. The van der Waals surface area contributed by atoms with Crippen LogP contribution in [0.1, 0.15) is 0 Å². The third-order valence-corrected chi connectivity index (χ3v) is 3.56. The van der Waals surface area contributed by atoms with Gasteiger partial charge in [-0.3, -0.25) is 0 Å². The smallest absolute Gasteiger partial charge is 0.362 e. The average Bonchev–Trinajstić information content (AvgIpc) is 2.66. The van der Waals surface area contributed by atoms with E-state index in [1.54, 1.807) is 0 Å². The molecule has 0 fully saturated rings. The number of rotatable bonds is 16. The molecular formula is C8H20O24Si. The molecule has 24 nitrogen and oxygen atoms in total. The van der Waals surface area contributed by atoms with Crippen LogP contribution in [-0.4, -0.2) is 140 Å². The normalized spacial score (nSPS) is 14.9. The van der Waals surface area contributed by atoms with Crippen LogP contribution in [0.2, 0.25) is 0 Å². The maximum absolute atomic E-state index is 9.11. The Hall–Kier alpha value is -0.743. The van der Waals surface area contributed by atoms with Crippen LogP contribution in [0.5, 0.6) is 0 Å². The van der Waals surface area contributed by atoms with Gasteiger partial charge in [-0.1, -0.05) is 0 Å². The minimum absolute atomic E-state index is 3.30. The lowest BCUT2D eigenvalue weighted by Crippen LogP contribution is -2.60. The van der Waals surface area contributed by atoms with E-state index < -0.39 is 58.1 Å². The molecule has 0 spiro atoms. The number of aliphatic hydroxyl groups is 16. The molecule has 0 aromatic heterocycles. The second kappa shape index (κ2) is 11.8. The van der Waals surface area contributed by atoms with Gasteiger partial charge in [0.15, 0.2) is 0 Å². The lowest BCUT2D eigenvalue weighted by molar-refractivity contribution is -0.591. The fourth-order valence-electron chi connectivity index (χ4n) is 0.705. The molecular weight excluding hydrogens is 508 g/mol. The Balaban J connectivity index is 6.11. The molecule has 0 aliphatic carbocycles. The van der Waals surface area contributed by atoms with Crippen molar-refractivity contribution in [2.45, 2.75) is 49.1 Å². The summed E-state index contributed by atoms with van der Waals surface area (Å²) in [4.78, 5) is 14.1. The first kappa shape index (κ1) is 32.3. The van der Waals surface area contributed by atoms with Crippen molar-refractivity contribution < 1.29 is 120 Å². The van der Waals surface area contributed by atoms with Crippen molar-refractivity contribution >= 4 is 9.05 Å². The van der Waals surface area contributed by atoms with Crippen LogP contribution in [0, 0.1) is 0 Å². The highest BCUT2D eigenvalue weighted by Gasteiger charge is 2.62. The van der Waals surface area contributed by atoms with Crippen molar-refractivity contribution in [2.24, 2.45) is 0 Å². The first-order chi connectivity index (χ1) is 14.6. The summed E-state index contributed by atoms with van der Waals surface area (Å²) in [6.45, 7) is 0. The summed E-state index contributed by atoms with van der Waals surface area (Å²) in [6.07, 6.45) is -13.2. The minimum atomic E-state index is -6.48. The van der Waals surface area contributed by atoms with E-state index in [1.165, 1.54) is 0 Å². The van der Waals surface area contributed by atoms with Gasteiger partial charge in [-0.2, -0.15) is 37.9 Å². The molecule has 0 heterocycles. The van der Waals surface area contributed by atoms with Crippen LogP contribution in [0.15, 0.2) is 0 Å². The standard InChI is InChI=1S/C8H20O24Si/c9-1(10)5(17,18)25-29-33(30-26-6(19,20)2(11)12,31-27-7(21,22)3(13)14)32-28-8(23,24)4(15)16/h1-4,9-24H. The van der Waals surface area contributed by atoms with E-state index in [1.807, 2.05) is 0 Å². The van der Waals surface area contributed by atoms with E-state index in [9.17, 15) is 0 Å². The predicted molar refractivity (Wildman–Crippen MR) is 76.0 cm³/mol. The quantitative estimate of drug-likeness (QED) is 0.0382. The van der Waals surface area contributed by atoms with Crippen molar-refractivity contribution in [1.29, 1.82) is 0 Å². The Bertz CT molecular complexity index is 469. The Morgan fingerprint density at radius 2 is 0.515 bits per heavy atom. The minimum Gasteiger partial charge on any atom is -0.362 e. The highest BCUT2D eigenvalue weighted by molar-refractivity contribution is 6.52. The molecule has 0 radical (unpaired) electrons. The first-order valence-corrected chi connectivity index (χ1v) is 8.94. The van der Waals surface area contributed by atoms with Gasteiger partial charge >= 0.3 is 32.9 Å². The lowest BCUT2D eigenvalue weighted by Gasteiger charge is -2.32. The zero-order valence-electron chi connectivity index (χ0n) is 15.2. The molecule has 0 aromatic carbocycles. The first-order valence-electron chi connectivity index (χ1n) is 7.31. The zero-order valence-corrected chi connectivity index (χ0v) is 16.2. The van der Waals surface area contributed by atoms with Crippen molar-refractivity contribution in [3.05, 3.63) is 0 Å². The summed E-state index contributed by atoms with van der Waals surface area (Å²) in [5.41, 5.74) is 0. The topological polar surface area (TPSA) is 398 Å². The summed E-state index contributed by atoms with van der Waals surface area (Å²) in [7, 11) is -6.48. The monoisotopic (exact) mass is 528 g/mol. The second-order valence-electron chi connectivity index (χ2n) is 5.30.